The molecule has 4 nitrogen and oxygen atoms in total. The highest BCUT2D eigenvalue weighted by molar-refractivity contribution is 9.11. The van der Waals surface area contributed by atoms with E-state index in [9.17, 15) is 5.11 Å². The predicted molar refractivity (Wildman–Crippen MR) is 78.6 cm³/mol. The van der Waals surface area contributed by atoms with E-state index in [2.05, 4.69) is 42.3 Å². The summed E-state index contributed by atoms with van der Waals surface area (Å²) in [4.78, 5) is 0. The molecule has 1 heterocycles. The number of aromatic nitrogens is 2. The molecule has 96 valence electrons. The van der Waals surface area contributed by atoms with Gasteiger partial charge in [-0.3, -0.25) is 4.68 Å². The molecule has 0 aliphatic rings. The Kier molecular flexibility index (Phi) is 4.79. The second-order valence-corrected chi connectivity index (χ2v) is 5.66. The highest BCUT2D eigenvalue weighted by Crippen LogP contribution is 2.26. The molecule has 0 fully saturated rings. The van der Waals surface area contributed by atoms with Crippen LogP contribution in [0.1, 0.15) is 0 Å². The number of nitrogens with zero attached hydrogens (tertiary/aromatic N) is 2. The van der Waals surface area contributed by atoms with Crippen molar-refractivity contribution in [2.24, 2.45) is 0 Å². The van der Waals surface area contributed by atoms with Crippen molar-refractivity contribution in [3.05, 3.63) is 45.6 Å². The van der Waals surface area contributed by atoms with Gasteiger partial charge in [-0.1, -0.05) is 15.9 Å². The Bertz CT molecular complexity index is 502. The largest absolute Gasteiger partial charge is 0.389 e. The Morgan fingerprint density at radius 2 is 2.22 bits per heavy atom. The molecule has 2 rings (SSSR count). The average Bonchev–Trinajstić information content (AvgIpc) is 2.83. The van der Waals surface area contributed by atoms with Crippen molar-refractivity contribution < 1.29 is 5.11 Å². The van der Waals surface area contributed by atoms with E-state index < -0.39 is 6.10 Å². The molecule has 0 bridgehead atoms. The van der Waals surface area contributed by atoms with Crippen LogP contribution in [0.4, 0.5) is 5.69 Å². The minimum atomic E-state index is -0.490. The first kappa shape index (κ1) is 13.6. The number of hydrogen-bond donors (Lipinski definition) is 2. The molecule has 0 aliphatic carbocycles. The third-order valence-electron chi connectivity index (χ3n) is 2.41. The molecule has 0 spiro atoms. The average molecular weight is 375 g/mol. The summed E-state index contributed by atoms with van der Waals surface area (Å²) in [7, 11) is 0. The Hall–Kier alpha value is -0.850. The zero-order valence-electron chi connectivity index (χ0n) is 9.55. The number of rotatable bonds is 5. The molecule has 0 radical (unpaired) electrons. The minimum Gasteiger partial charge on any atom is -0.389 e. The third-order valence-corrected chi connectivity index (χ3v) is 3.60. The lowest BCUT2D eigenvalue weighted by Gasteiger charge is -2.14. The zero-order chi connectivity index (χ0) is 13.0. The van der Waals surface area contributed by atoms with Crippen molar-refractivity contribution in [2.75, 3.05) is 11.9 Å². The van der Waals surface area contributed by atoms with E-state index in [0.717, 1.165) is 14.6 Å². The summed E-state index contributed by atoms with van der Waals surface area (Å²) in [5.74, 6) is 0. The molecule has 1 aromatic heterocycles. The summed E-state index contributed by atoms with van der Waals surface area (Å²) in [6.07, 6.45) is 3.04. The van der Waals surface area contributed by atoms with Gasteiger partial charge in [0.05, 0.1) is 12.6 Å². The van der Waals surface area contributed by atoms with E-state index in [-0.39, 0.29) is 0 Å². The van der Waals surface area contributed by atoms with Gasteiger partial charge in [0.1, 0.15) is 0 Å². The van der Waals surface area contributed by atoms with Crippen molar-refractivity contribution in [1.82, 2.24) is 9.78 Å². The molecule has 1 aromatic carbocycles. The first-order chi connectivity index (χ1) is 8.65. The van der Waals surface area contributed by atoms with Gasteiger partial charge < -0.3 is 10.4 Å². The maximum absolute atomic E-state index is 9.89. The number of benzene rings is 1. The van der Waals surface area contributed by atoms with Crippen molar-refractivity contribution in [2.45, 2.75) is 12.6 Å². The van der Waals surface area contributed by atoms with Crippen LogP contribution in [0.2, 0.25) is 0 Å². The van der Waals surface area contributed by atoms with Crippen LogP contribution in [0, 0.1) is 0 Å². The topological polar surface area (TPSA) is 50.1 Å². The molecule has 1 unspecified atom stereocenters. The van der Waals surface area contributed by atoms with E-state index in [1.54, 1.807) is 10.9 Å². The number of hydrogen-bond acceptors (Lipinski definition) is 3. The quantitative estimate of drug-likeness (QED) is 0.845. The molecule has 6 heteroatoms. The molecule has 0 saturated carbocycles. The summed E-state index contributed by atoms with van der Waals surface area (Å²) in [5.41, 5.74) is 0.948. The smallest absolute Gasteiger partial charge is 0.0907 e. The summed E-state index contributed by atoms with van der Waals surface area (Å²) in [5, 5.41) is 17.1. The second-order valence-electron chi connectivity index (χ2n) is 3.89. The standard InChI is InChI=1S/C12H13Br2N3O/c13-9-2-3-11(14)12(6-9)15-7-10(18)8-17-5-1-4-16-17/h1-6,10,15,18H,7-8H2. The predicted octanol–water partition coefficient (Wildman–Crippen LogP) is 2.88. The fraction of sp³-hybridized carbons (Fsp3) is 0.250. The summed E-state index contributed by atoms with van der Waals surface area (Å²) in [6.45, 7) is 0.945. The monoisotopic (exact) mass is 373 g/mol. The van der Waals surface area contributed by atoms with Crippen LogP contribution < -0.4 is 5.32 Å². The summed E-state index contributed by atoms with van der Waals surface area (Å²) < 4.78 is 3.68. The van der Waals surface area contributed by atoms with E-state index >= 15 is 0 Å². The molecular formula is C12H13Br2N3O. The number of anilines is 1. The highest BCUT2D eigenvalue weighted by Gasteiger charge is 2.07. The lowest BCUT2D eigenvalue weighted by Crippen LogP contribution is -2.25. The van der Waals surface area contributed by atoms with E-state index in [1.807, 2.05) is 30.5 Å². The molecule has 2 N–H and O–H groups in total. The fourth-order valence-electron chi connectivity index (χ4n) is 1.55. The van der Waals surface area contributed by atoms with Crippen LogP contribution >= 0.6 is 31.9 Å². The van der Waals surface area contributed by atoms with Crippen LogP contribution in [0.15, 0.2) is 45.6 Å². The van der Waals surface area contributed by atoms with Gasteiger partial charge in [0.25, 0.3) is 0 Å². The van der Waals surface area contributed by atoms with Gasteiger partial charge in [-0.15, -0.1) is 0 Å². The Labute approximate surface area is 122 Å². The molecule has 0 amide bonds. The van der Waals surface area contributed by atoms with E-state index in [1.165, 1.54) is 0 Å². The normalized spacial score (nSPS) is 12.4. The van der Waals surface area contributed by atoms with Gasteiger partial charge in [0.2, 0.25) is 0 Å². The van der Waals surface area contributed by atoms with Crippen LogP contribution in [0.5, 0.6) is 0 Å². The summed E-state index contributed by atoms with van der Waals surface area (Å²) in [6, 6.07) is 7.71. The van der Waals surface area contributed by atoms with Crippen LogP contribution in [-0.4, -0.2) is 27.5 Å². The molecule has 1 atom stereocenters. The third kappa shape index (κ3) is 3.83. The van der Waals surface area contributed by atoms with Gasteiger partial charge in [0.15, 0.2) is 0 Å². The van der Waals surface area contributed by atoms with Gasteiger partial charge in [-0.2, -0.15) is 5.10 Å². The Morgan fingerprint density at radius 1 is 1.39 bits per heavy atom. The highest BCUT2D eigenvalue weighted by atomic mass is 79.9. The molecule has 2 aromatic rings. The van der Waals surface area contributed by atoms with Crippen LogP contribution in [-0.2, 0) is 6.54 Å². The van der Waals surface area contributed by atoms with Crippen molar-refractivity contribution in [3.63, 3.8) is 0 Å². The van der Waals surface area contributed by atoms with Gasteiger partial charge in [0, 0.05) is 33.6 Å². The van der Waals surface area contributed by atoms with E-state index in [0.29, 0.717) is 13.1 Å². The lowest BCUT2D eigenvalue weighted by atomic mass is 10.3. The first-order valence-electron chi connectivity index (χ1n) is 5.49. The zero-order valence-corrected chi connectivity index (χ0v) is 12.7. The fourth-order valence-corrected chi connectivity index (χ4v) is 2.30. The number of aliphatic hydroxyl groups excluding tert-OH is 1. The maximum atomic E-state index is 9.89. The van der Waals surface area contributed by atoms with Gasteiger partial charge >= 0.3 is 0 Å². The molecule has 18 heavy (non-hydrogen) atoms. The number of halogens is 2. The first-order valence-corrected chi connectivity index (χ1v) is 7.08. The molecule has 0 aliphatic heterocycles. The second kappa shape index (κ2) is 6.36. The van der Waals surface area contributed by atoms with Crippen molar-refractivity contribution >= 4 is 37.5 Å². The van der Waals surface area contributed by atoms with Gasteiger partial charge in [-0.25, -0.2) is 0 Å². The number of aliphatic hydroxyl groups is 1. The minimum absolute atomic E-state index is 0.467. The molecule has 0 saturated heterocycles. The maximum Gasteiger partial charge on any atom is 0.0907 e. The van der Waals surface area contributed by atoms with Crippen LogP contribution in [0.3, 0.4) is 0 Å². The van der Waals surface area contributed by atoms with Crippen molar-refractivity contribution in [3.8, 4) is 0 Å². The lowest BCUT2D eigenvalue weighted by molar-refractivity contribution is 0.161. The molecular weight excluding hydrogens is 362 g/mol. The van der Waals surface area contributed by atoms with E-state index in [4.69, 9.17) is 0 Å². The van der Waals surface area contributed by atoms with Gasteiger partial charge in [-0.05, 0) is 40.2 Å². The van der Waals surface area contributed by atoms with Crippen LogP contribution in [0.25, 0.3) is 0 Å². The Morgan fingerprint density at radius 3 is 2.94 bits per heavy atom. The SMILES string of the molecule is OC(CNc1cc(Br)ccc1Br)Cn1cccn1. The summed E-state index contributed by atoms with van der Waals surface area (Å²) >= 11 is 6.87. The van der Waals surface area contributed by atoms with Crippen molar-refractivity contribution in [1.29, 1.82) is 0 Å². The number of nitrogens with one attached hydrogen (secondary N) is 1. The Balaban J connectivity index is 1.89.